The lowest BCUT2D eigenvalue weighted by molar-refractivity contribution is 0.295. The van der Waals surface area contributed by atoms with E-state index in [2.05, 4.69) is 41.1 Å². The number of anilines is 2. The van der Waals surface area contributed by atoms with Crippen LogP contribution < -0.4 is 15.5 Å². The zero-order chi connectivity index (χ0) is 13.9. The Morgan fingerprint density at radius 3 is 2.50 bits per heavy atom. The van der Waals surface area contributed by atoms with Gasteiger partial charge in [-0.25, -0.2) is 0 Å². The van der Waals surface area contributed by atoms with Crippen molar-refractivity contribution in [2.24, 2.45) is 11.7 Å². The van der Waals surface area contributed by atoms with Crippen molar-refractivity contribution < 1.29 is 0 Å². The molecule has 1 aliphatic heterocycles. The highest BCUT2D eigenvalue weighted by Gasteiger charge is 2.31. The van der Waals surface area contributed by atoms with Crippen LogP contribution in [0.1, 0.15) is 32.1 Å². The lowest BCUT2D eigenvalue weighted by Crippen LogP contribution is -2.51. The molecule has 1 atom stereocenters. The van der Waals surface area contributed by atoms with E-state index in [0.717, 1.165) is 25.6 Å². The maximum absolute atomic E-state index is 6.17. The van der Waals surface area contributed by atoms with Crippen LogP contribution in [0.25, 0.3) is 0 Å². The van der Waals surface area contributed by atoms with Crippen LogP contribution in [0.4, 0.5) is 11.4 Å². The summed E-state index contributed by atoms with van der Waals surface area (Å²) >= 11 is 0. The molecule has 1 aliphatic carbocycles. The molecule has 20 heavy (non-hydrogen) atoms. The number of rotatable bonds is 3. The summed E-state index contributed by atoms with van der Waals surface area (Å²) in [5.41, 5.74) is 8.90. The molecule has 1 unspecified atom stereocenters. The third-order valence-corrected chi connectivity index (χ3v) is 5.11. The van der Waals surface area contributed by atoms with Gasteiger partial charge in [-0.2, -0.15) is 0 Å². The van der Waals surface area contributed by atoms with Crippen molar-refractivity contribution in [2.45, 2.75) is 38.1 Å². The summed E-state index contributed by atoms with van der Waals surface area (Å²) < 4.78 is 0. The molecule has 1 saturated carbocycles. The summed E-state index contributed by atoms with van der Waals surface area (Å²) in [4.78, 5) is 4.95. The highest BCUT2D eigenvalue weighted by Crippen LogP contribution is 2.37. The smallest absolute Gasteiger partial charge is 0.0607 e. The molecule has 0 amide bonds. The summed E-state index contributed by atoms with van der Waals surface area (Å²) in [6, 6.07) is 9.30. The molecule has 1 aromatic rings. The van der Waals surface area contributed by atoms with E-state index >= 15 is 0 Å². The second-order valence-electron chi connectivity index (χ2n) is 6.30. The van der Waals surface area contributed by atoms with Crippen molar-refractivity contribution in [3.63, 3.8) is 0 Å². The second kappa shape index (κ2) is 6.04. The van der Waals surface area contributed by atoms with Crippen molar-refractivity contribution in [3.05, 3.63) is 24.3 Å². The van der Waals surface area contributed by atoms with Gasteiger partial charge in [0, 0.05) is 32.7 Å². The van der Waals surface area contributed by atoms with E-state index in [1.807, 2.05) is 0 Å². The normalized spacial score (nSPS) is 21.7. The van der Waals surface area contributed by atoms with Crippen LogP contribution in [0.3, 0.4) is 0 Å². The van der Waals surface area contributed by atoms with E-state index in [0.29, 0.717) is 6.04 Å². The summed E-state index contributed by atoms with van der Waals surface area (Å²) in [7, 11) is 2.19. The van der Waals surface area contributed by atoms with Gasteiger partial charge in [0.1, 0.15) is 0 Å². The quantitative estimate of drug-likeness (QED) is 0.919. The van der Waals surface area contributed by atoms with Crippen LogP contribution in [0.15, 0.2) is 24.3 Å². The van der Waals surface area contributed by atoms with Crippen LogP contribution in [0.2, 0.25) is 0 Å². The van der Waals surface area contributed by atoms with Gasteiger partial charge in [0.2, 0.25) is 0 Å². The van der Waals surface area contributed by atoms with Crippen LogP contribution in [0, 0.1) is 5.92 Å². The highest BCUT2D eigenvalue weighted by molar-refractivity contribution is 5.73. The molecular formula is C17H27N3. The SMILES string of the molecule is CN1CCN(C(CN)C2CCCCC2)c2ccccc21. The Bertz CT molecular complexity index is 440. The first-order valence-corrected chi connectivity index (χ1v) is 8.08. The number of nitrogens with zero attached hydrogens (tertiary/aromatic N) is 2. The first-order chi connectivity index (χ1) is 9.81. The molecule has 110 valence electrons. The first-order valence-electron chi connectivity index (χ1n) is 8.08. The molecule has 2 aliphatic rings. The Morgan fingerprint density at radius 2 is 1.80 bits per heavy atom. The number of likely N-dealkylation sites (N-methyl/N-ethyl adjacent to an activating group) is 1. The predicted molar refractivity (Wildman–Crippen MR) is 86.5 cm³/mol. The summed E-state index contributed by atoms with van der Waals surface area (Å²) in [5, 5.41) is 0. The molecular weight excluding hydrogens is 246 g/mol. The van der Waals surface area contributed by atoms with Gasteiger partial charge in [0.25, 0.3) is 0 Å². The van der Waals surface area contributed by atoms with E-state index < -0.39 is 0 Å². The van der Waals surface area contributed by atoms with Crippen LogP contribution in [-0.2, 0) is 0 Å². The number of para-hydroxylation sites is 2. The van der Waals surface area contributed by atoms with E-state index in [4.69, 9.17) is 5.73 Å². The van der Waals surface area contributed by atoms with Gasteiger partial charge in [-0.1, -0.05) is 31.4 Å². The average molecular weight is 273 g/mol. The minimum absolute atomic E-state index is 0.519. The molecule has 0 spiro atoms. The predicted octanol–water partition coefficient (Wildman–Crippen LogP) is 2.85. The van der Waals surface area contributed by atoms with Crippen molar-refractivity contribution in [3.8, 4) is 0 Å². The fourth-order valence-corrected chi connectivity index (χ4v) is 3.97. The molecule has 3 heteroatoms. The van der Waals surface area contributed by atoms with Gasteiger partial charge >= 0.3 is 0 Å². The van der Waals surface area contributed by atoms with Crippen molar-refractivity contribution in [1.82, 2.24) is 0 Å². The van der Waals surface area contributed by atoms with Gasteiger partial charge in [0.15, 0.2) is 0 Å². The number of nitrogens with two attached hydrogens (primary N) is 1. The van der Waals surface area contributed by atoms with E-state index in [1.54, 1.807) is 0 Å². The fourth-order valence-electron chi connectivity index (χ4n) is 3.97. The van der Waals surface area contributed by atoms with Crippen molar-refractivity contribution in [2.75, 3.05) is 36.5 Å². The van der Waals surface area contributed by atoms with Crippen molar-refractivity contribution >= 4 is 11.4 Å². The fraction of sp³-hybridized carbons (Fsp3) is 0.647. The first kappa shape index (κ1) is 13.7. The topological polar surface area (TPSA) is 32.5 Å². The molecule has 0 aromatic heterocycles. The molecule has 3 rings (SSSR count). The third-order valence-electron chi connectivity index (χ3n) is 5.11. The maximum atomic E-state index is 6.17. The third kappa shape index (κ3) is 2.51. The van der Waals surface area contributed by atoms with Gasteiger partial charge < -0.3 is 15.5 Å². The van der Waals surface area contributed by atoms with Crippen LogP contribution >= 0.6 is 0 Å². The van der Waals surface area contributed by atoms with Gasteiger partial charge in [-0.15, -0.1) is 0 Å². The average Bonchev–Trinajstić information content (AvgIpc) is 2.52. The zero-order valence-electron chi connectivity index (χ0n) is 12.6. The zero-order valence-corrected chi connectivity index (χ0v) is 12.6. The van der Waals surface area contributed by atoms with Crippen molar-refractivity contribution in [1.29, 1.82) is 0 Å². The number of benzene rings is 1. The second-order valence-corrected chi connectivity index (χ2v) is 6.30. The summed E-state index contributed by atoms with van der Waals surface area (Å²) in [5.74, 6) is 0.783. The molecule has 0 radical (unpaired) electrons. The van der Waals surface area contributed by atoms with E-state index in [9.17, 15) is 0 Å². The Labute approximate surface area is 122 Å². The minimum Gasteiger partial charge on any atom is -0.371 e. The molecule has 3 nitrogen and oxygen atoms in total. The minimum atomic E-state index is 0.519. The Hall–Kier alpha value is -1.22. The lowest BCUT2D eigenvalue weighted by atomic mass is 9.82. The molecule has 1 heterocycles. The van der Waals surface area contributed by atoms with Gasteiger partial charge in [-0.3, -0.25) is 0 Å². The monoisotopic (exact) mass is 273 g/mol. The Balaban J connectivity index is 1.86. The Kier molecular flexibility index (Phi) is 4.16. The lowest BCUT2D eigenvalue weighted by Gasteiger charge is -2.45. The summed E-state index contributed by atoms with van der Waals surface area (Å²) in [6.07, 6.45) is 6.90. The molecule has 2 N–H and O–H groups in total. The molecule has 0 saturated heterocycles. The number of hydrogen-bond acceptors (Lipinski definition) is 3. The van der Waals surface area contributed by atoms with Crippen LogP contribution in [0.5, 0.6) is 0 Å². The number of hydrogen-bond donors (Lipinski definition) is 1. The van der Waals surface area contributed by atoms with Crippen LogP contribution in [-0.4, -0.2) is 32.7 Å². The molecule has 1 fully saturated rings. The molecule has 1 aromatic carbocycles. The maximum Gasteiger partial charge on any atom is 0.0607 e. The van der Waals surface area contributed by atoms with E-state index in [-0.39, 0.29) is 0 Å². The standard InChI is InChI=1S/C17H27N3/c1-19-11-12-20(16-10-6-5-9-15(16)19)17(13-18)14-7-3-2-4-8-14/h5-6,9-10,14,17H,2-4,7-8,11-13,18H2,1H3. The number of fused-ring (bicyclic) bond motifs is 1. The molecule has 0 bridgehead atoms. The van der Waals surface area contributed by atoms with E-state index in [1.165, 1.54) is 43.5 Å². The highest BCUT2D eigenvalue weighted by atomic mass is 15.3. The van der Waals surface area contributed by atoms with Gasteiger partial charge in [-0.05, 0) is 30.9 Å². The Morgan fingerprint density at radius 1 is 1.10 bits per heavy atom. The van der Waals surface area contributed by atoms with Gasteiger partial charge in [0.05, 0.1) is 11.4 Å². The summed E-state index contributed by atoms with van der Waals surface area (Å²) in [6.45, 7) is 2.98. The largest absolute Gasteiger partial charge is 0.371 e.